The summed E-state index contributed by atoms with van der Waals surface area (Å²) >= 11 is 0. The van der Waals surface area contributed by atoms with E-state index in [0.29, 0.717) is 23.5 Å². The molecular formula is C20H29N3O2S. The fourth-order valence-electron chi connectivity index (χ4n) is 3.89. The van der Waals surface area contributed by atoms with Crippen molar-refractivity contribution in [3.63, 3.8) is 0 Å². The third-order valence-corrected chi connectivity index (χ3v) is 6.88. The first kappa shape index (κ1) is 19.3. The standard InChI is InChI=1S/C20H29N3O2S/c1-15-7-5-8-16(2)23(15)14-18(21)13-22-26(24,25)20-12-6-10-17-9-3-4-11-19(17)20/h3-4,6,9-12,15-16,18,22H,5,7-8,13-14,21H2,1-2H3/t15-,16+,18-/m0/s1. The van der Waals surface area contributed by atoms with E-state index >= 15 is 0 Å². The Labute approximate surface area is 156 Å². The number of benzene rings is 2. The van der Waals surface area contributed by atoms with E-state index in [9.17, 15) is 8.42 Å². The molecule has 0 aliphatic carbocycles. The SMILES string of the molecule is C[C@@H]1CCC[C@H](C)N1C[C@@H](N)CNS(=O)(=O)c1cccc2ccccc12. The van der Waals surface area contributed by atoms with Gasteiger partial charge in [-0.25, -0.2) is 13.1 Å². The van der Waals surface area contributed by atoms with Gasteiger partial charge in [0.25, 0.3) is 0 Å². The molecule has 1 aliphatic rings. The van der Waals surface area contributed by atoms with Gasteiger partial charge in [0.1, 0.15) is 0 Å². The lowest BCUT2D eigenvalue weighted by molar-refractivity contribution is 0.0966. The van der Waals surface area contributed by atoms with E-state index in [1.54, 1.807) is 12.1 Å². The van der Waals surface area contributed by atoms with Crippen LogP contribution < -0.4 is 10.5 Å². The van der Waals surface area contributed by atoms with Crippen LogP contribution in [0.25, 0.3) is 10.8 Å². The van der Waals surface area contributed by atoms with Crippen molar-refractivity contribution in [1.29, 1.82) is 0 Å². The molecule has 1 heterocycles. The Balaban J connectivity index is 1.68. The average Bonchev–Trinajstić information content (AvgIpc) is 2.63. The Hall–Kier alpha value is -1.47. The molecule has 0 saturated carbocycles. The number of hydrogen-bond acceptors (Lipinski definition) is 4. The molecule has 142 valence electrons. The molecular weight excluding hydrogens is 346 g/mol. The van der Waals surface area contributed by atoms with Crippen molar-refractivity contribution in [1.82, 2.24) is 9.62 Å². The van der Waals surface area contributed by atoms with Crippen LogP contribution in [-0.2, 0) is 10.0 Å². The molecule has 2 aromatic carbocycles. The van der Waals surface area contributed by atoms with Gasteiger partial charge in [0, 0.05) is 36.6 Å². The van der Waals surface area contributed by atoms with Gasteiger partial charge in [0.2, 0.25) is 10.0 Å². The Morgan fingerprint density at radius 3 is 2.50 bits per heavy atom. The van der Waals surface area contributed by atoms with E-state index in [0.717, 1.165) is 10.8 Å². The van der Waals surface area contributed by atoms with Crippen LogP contribution >= 0.6 is 0 Å². The fourth-order valence-corrected chi connectivity index (χ4v) is 5.22. The molecule has 0 spiro atoms. The highest BCUT2D eigenvalue weighted by molar-refractivity contribution is 7.89. The molecule has 0 aromatic heterocycles. The molecule has 1 saturated heterocycles. The van der Waals surface area contributed by atoms with E-state index in [1.165, 1.54) is 19.3 Å². The molecule has 2 aromatic rings. The zero-order valence-electron chi connectivity index (χ0n) is 15.6. The third-order valence-electron chi connectivity index (χ3n) is 5.40. The minimum atomic E-state index is -3.60. The monoisotopic (exact) mass is 375 g/mol. The smallest absolute Gasteiger partial charge is 0.241 e. The summed E-state index contributed by atoms with van der Waals surface area (Å²) in [5.41, 5.74) is 6.26. The van der Waals surface area contributed by atoms with Gasteiger partial charge in [-0.05, 0) is 38.1 Å². The van der Waals surface area contributed by atoms with Crippen LogP contribution in [0.1, 0.15) is 33.1 Å². The quantitative estimate of drug-likeness (QED) is 0.814. The van der Waals surface area contributed by atoms with Gasteiger partial charge in [-0.15, -0.1) is 0 Å². The molecule has 0 amide bonds. The van der Waals surface area contributed by atoms with E-state index < -0.39 is 10.0 Å². The number of likely N-dealkylation sites (tertiary alicyclic amines) is 1. The molecule has 0 unspecified atom stereocenters. The predicted molar refractivity (Wildman–Crippen MR) is 107 cm³/mol. The molecule has 1 aliphatic heterocycles. The Kier molecular flexibility index (Phi) is 5.97. The highest BCUT2D eigenvalue weighted by Crippen LogP contribution is 2.23. The summed E-state index contributed by atoms with van der Waals surface area (Å²) in [6.45, 7) is 5.40. The third kappa shape index (κ3) is 4.26. The first-order chi connectivity index (χ1) is 12.4. The van der Waals surface area contributed by atoms with Crippen LogP contribution in [0.2, 0.25) is 0 Å². The topological polar surface area (TPSA) is 75.4 Å². The molecule has 6 heteroatoms. The molecule has 3 atom stereocenters. The molecule has 0 bridgehead atoms. The van der Waals surface area contributed by atoms with Gasteiger partial charge in [-0.2, -0.15) is 0 Å². The van der Waals surface area contributed by atoms with Crippen LogP contribution in [-0.4, -0.2) is 44.5 Å². The zero-order valence-corrected chi connectivity index (χ0v) is 16.4. The molecule has 3 rings (SSSR count). The van der Waals surface area contributed by atoms with Crippen molar-refractivity contribution >= 4 is 20.8 Å². The number of hydrogen-bond donors (Lipinski definition) is 2. The van der Waals surface area contributed by atoms with Gasteiger partial charge in [0.05, 0.1) is 4.90 Å². The lowest BCUT2D eigenvalue weighted by Gasteiger charge is -2.40. The van der Waals surface area contributed by atoms with Crippen LogP contribution in [0.3, 0.4) is 0 Å². The van der Waals surface area contributed by atoms with Gasteiger partial charge < -0.3 is 5.73 Å². The van der Waals surface area contributed by atoms with Crippen LogP contribution in [0.5, 0.6) is 0 Å². The highest BCUT2D eigenvalue weighted by atomic mass is 32.2. The summed E-state index contributed by atoms with van der Waals surface area (Å²) < 4.78 is 28.3. The lowest BCUT2D eigenvalue weighted by atomic mass is 9.97. The maximum atomic E-state index is 12.8. The molecule has 0 radical (unpaired) electrons. The van der Waals surface area contributed by atoms with E-state index in [-0.39, 0.29) is 12.6 Å². The van der Waals surface area contributed by atoms with Crippen molar-refractivity contribution in [2.45, 2.75) is 56.1 Å². The summed E-state index contributed by atoms with van der Waals surface area (Å²) in [4.78, 5) is 2.71. The van der Waals surface area contributed by atoms with E-state index in [4.69, 9.17) is 5.73 Å². The van der Waals surface area contributed by atoms with Crippen molar-refractivity contribution in [3.8, 4) is 0 Å². The van der Waals surface area contributed by atoms with E-state index in [2.05, 4.69) is 23.5 Å². The van der Waals surface area contributed by atoms with E-state index in [1.807, 2.05) is 30.3 Å². The summed E-state index contributed by atoms with van der Waals surface area (Å²) in [6.07, 6.45) is 3.61. The summed E-state index contributed by atoms with van der Waals surface area (Å²) in [5, 5.41) is 1.64. The number of nitrogens with one attached hydrogen (secondary N) is 1. The number of nitrogens with zero attached hydrogens (tertiary/aromatic N) is 1. The fraction of sp³-hybridized carbons (Fsp3) is 0.500. The second-order valence-electron chi connectivity index (χ2n) is 7.42. The molecule has 1 fully saturated rings. The van der Waals surface area contributed by atoms with Crippen molar-refractivity contribution in [2.75, 3.05) is 13.1 Å². The number of nitrogens with two attached hydrogens (primary N) is 1. The maximum absolute atomic E-state index is 12.8. The second kappa shape index (κ2) is 8.05. The summed E-state index contributed by atoms with van der Waals surface area (Å²) in [5.74, 6) is 0. The minimum absolute atomic E-state index is 0.234. The zero-order chi connectivity index (χ0) is 18.7. The lowest BCUT2D eigenvalue weighted by Crippen LogP contribution is -2.52. The number of piperidine rings is 1. The van der Waals surface area contributed by atoms with Crippen molar-refractivity contribution in [3.05, 3.63) is 42.5 Å². The minimum Gasteiger partial charge on any atom is -0.325 e. The van der Waals surface area contributed by atoms with Gasteiger partial charge >= 0.3 is 0 Å². The number of rotatable bonds is 6. The Morgan fingerprint density at radius 2 is 1.77 bits per heavy atom. The summed E-state index contributed by atoms with van der Waals surface area (Å²) in [6, 6.07) is 13.6. The number of sulfonamides is 1. The Bertz CT molecular complexity index is 838. The Morgan fingerprint density at radius 1 is 1.12 bits per heavy atom. The van der Waals surface area contributed by atoms with Crippen molar-refractivity contribution in [2.24, 2.45) is 5.73 Å². The molecule has 3 N–H and O–H groups in total. The molecule has 26 heavy (non-hydrogen) atoms. The van der Waals surface area contributed by atoms with Gasteiger partial charge in [-0.3, -0.25) is 4.90 Å². The molecule has 5 nitrogen and oxygen atoms in total. The van der Waals surface area contributed by atoms with Crippen LogP contribution in [0, 0.1) is 0 Å². The maximum Gasteiger partial charge on any atom is 0.241 e. The number of fused-ring (bicyclic) bond motifs is 1. The van der Waals surface area contributed by atoms with Gasteiger partial charge in [-0.1, -0.05) is 42.8 Å². The predicted octanol–water partition coefficient (Wildman–Crippen LogP) is 2.71. The van der Waals surface area contributed by atoms with Crippen LogP contribution in [0.4, 0.5) is 0 Å². The normalized spacial score (nSPS) is 23.2. The average molecular weight is 376 g/mol. The highest BCUT2D eigenvalue weighted by Gasteiger charge is 2.26. The van der Waals surface area contributed by atoms with Crippen LogP contribution in [0.15, 0.2) is 47.4 Å². The first-order valence-corrected chi connectivity index (χ1v) is 10.9. The van der Waals surface area contributed by atoms with Crippen molar-refractivity contribution < 1.29 is 8.42 Å². The summed E-state index contributed by atoms with van der Waals surface area (Å²) in [7, 11) is -3.60. The largest absolute Gasteiger partial charge is 0.325 e. The van der Waals surface area contributed by atoms with Gasteiger partial charge in [0.15, 0.2) is 0 Å². The first-order valence-electron chi connectivity index (χ1n) is 9.37. The second-order valence-corrected chi connectivity index (χ2v) is 9.15.